The molecule has 0 bridgehead atoms. The van der Waals surface area contributed by atoms with Crippen molar-refractivity contribution < 1.29 is 9.59 Å². The summed E-state index contributed by atoms with van der Waals surface area (Å²) < 4.78 is 0. The smallest absolute Gasteiger partial charge is 0.254 e. The summed E-state index contributed by atoms with van der Waals surface area (Å²) >= 11 is 1.56. The zero-order chi connectivity index (χ0) is 18.0. The first kappa shape index (κ1) is 17.3. The van der Waals surface area contributed by atoms with Crippen molar-refractivity contribution in [2.45, 2.75) is 32.1 Å². The van der Waals surface area contributed by atoms with Crippen molar-refractivity contribution >= 4 is 23.2 Å². The molecule has 26 heavy (non-hydrogen) atoms. The SMILES string of the molecule is O=C1CC[C@@]2(CCCN(C(=O)c3ccsc3)C2)CN1CCc1cnc[nH]1. The summed E-state index contributed by atoms with van der Waals surface area (Å²) in [5.74, 6) is 0.364. The molecule has 1 spiro atoms. The van der Waals surface area contributed by atoms with E-state index in [1.54, 1.807) is 17.7 Å². The van der Waals surface area contributed by atoms with Crippen molar-refractivity contribution in [1.82, 2.24) is 19.8 Å². The highest BCUT2D eigenvalue weighted by Crippen LogP contribution is 2.39. The Morgan fingerprint density at radius 1 is 1.35 bits per heavy atom. The largest absolute Gasteiger partial charge is 0.348 e. The highest BCUT2D eigenvalue weighted by molar-refractivity contribution is 7.08. The molecule has 0 radical (unpaired) electrons. The van der Waals surface area contributed by atoms with Gasteiger partial charge in [0, 0.05) is 61.7 Å². The monoisotopic (exact) mass is 372 g/mol. The molecule has 7 heteroatoms. The van der Waals surface area contributed by atoms with Crippen LogP contribution in [0, 0.1) is 5.41 Å². The van der Waals surface area contributed by atoms with Crippen LogP contribution in [0.5, 0.6) is 0 Å². The van der Waals surface area contributed by atoms with Crippen LogP contribution in [0.15, 0.2) is 29.4 Å². The van der Waals surface area contributed by atoms with Gasteiger partial charge >= 0.3 is 0 Å². The molecule has 2 aliphatic rings. The Kier molecular flexibility index (Phi) is 4.80. The first-order valence-electron chi connectivity index (χ1n) is 9.22. The summed E-state index contributed by atoms with van der Waals surface area (Å²) in [6.07, 6.45) is 7.85. The van der Waals surface area contributed by atoms with Crippen LogP contribution in [0.3, 0.4) is 0 Å². The Morgan fingerprint density at radius 3 is 3.04 bits per heavy atom. The minimum atomic E-state index is 0.0474. The van der Waals surface area contributed by atoms with Crippen LogP contribution in [-0.2, 0) is 11.2 Å². The van der Waals surface area contributed by atoms with Crippen molar-refractivity contribution in [3.05, 3.63) is 40.6 Å². The van der Waals surface area contributed by atoms with E-state index in [2.05, 4.69) is 9.97 Å². The van der Waals surface area contributed by atoms with Gasteiger partial charge in [-0.05, 0) is 30.7 Å². The molecule has 1 atom stereocenters. The minimum absolute atomic E-state index is 0.0474. The lowest BCUT2D eigenvalue weighted by Gasteiger charge is -2.48. The fourth-order valence-electron chi connectivity index (χ4n) is 4.27. The fraction of sp³-hybridized carbons (Fsp3) is 0.526. The minimum Gasteiger partial charge on any atom is -0.348 e. The van der Waals surface area contributed by atoms with E-state index in [1.165, 1.54) is 0 Å². The zero-order valence-electron chi connectivity index (χ0n) is 14.8. The maximum absolute atomic E-state index is 12.8. The summed E-state index contributed by atoms with van der Waals surface area (Å²) in [4.78, 5) is 36.3. The maximum Gasteiger partial charge on any atom is 0.254 e. The molecule has 2 fully saturated rings. The molecule has 4 heterocycles. The Labute approximate surface area is 157 Å². The number of hydrogen-bond donors (Lipinski definition) is 1. The number of likely N-dealkylation sites (tertiary alicyclic amines) is 2. The molecule has 0 aromatic carbocycles. The van der Waals surface area contributed by atoms with E-state index in [9.17, 15) is 9.59 Å². The van der Waals surface area contributed by atoms with Gasteiger partial charge in [0.1, 0.15) is 0 Å². The Hall–Kier alpha value is -2.15. The van der Waals surface area contributed by atoms with E-state index >= 15 is 0 Å². The van der Waals surface area contributed by atoms with E-state index in [1.807, 2.05) is 32.8 Å². The highest BCUT2D eigenvalue weighted by Gasteiger charge is 2.42. The Bertz CT molecular complexity index is 759. The number of aromatic amines is 1. The van der Waals surface area contributed by atoms with E-state index < -0.39 is 0 Å². The lowest BCUT2D eigenvalue weighted by atomic mass is 9.73. The number of thiophene rings is 1. The third kappa shape index (κ3) is 3.53. The zero-order valence-corrected chi connectivity index (χ0v) is 15.6. The molecule has 2 aromatic rings. The maximum atomic E-state index is 12.8. The summed E-state index contributed by atoms with van der Waals surface area (Å²) in [5.41, 5.74) is 1.89. The molecule has 2 amide bonds. The van der Waals surface area contributed by atoms with Crippen molar-refractivity contribution in [2.24, 2.45) is 5.41 Å². The van der Waals surface area contributed by atoms with Crippen LogP contribution in [0.25, 0.3) is 0 Å². The van der Waals surface area contributed by atoms with Crippen molar-refractivity contribution in [2.75, 3.05) is 26.2 Å². The Balaban J connectivity index is 1.43. The van der Waals surface area contributed by atoms with Crippen LogP contribution < -0.4 is 0 Å². The summed E-state index contributed by atoms with van der Waals surface area (Å²) in [6, 6.07) is 1.90. The second-order valence-electron chi connectivity index (χ2n) is 7.48. The number of rotatable bonds is 4. The second kappa shape index (κ2) is 7.23. The van der Waals surface area contributed by atoms with Crippen LogP contribution in [0.2, 0.25) is 0 Å². The normalized spacial score (nSPS) is 23.6. The molecule has 1 N–H and O–H groups in total. The molecule has 0 saturated carbocycles. The molecule has 6 nitrogen and oxygen atoms in total. The van der Waals surface area contributed by atoms with Gasteiger partial charge in [-0.25, -0.2) is 4.98 Å². The number of imidazole rings is 1. The molecule has 2 aromatic heterocycles. The third-order valence-corrected chi connectivity index (χ3v) is 6.35. The highest BCUT2D eigenvalue weighted by atomic mass is 32.1. The molecule has 0 unspecified atom stereocenters. The predicted molar refractivity (Wildman–Crippen MR) is 100.0 cm³/mol. The van der Waals surface area contributed by atoms with E-state index in [0.717, 1.165) is 56.6 Å². The average Bonchev–Trinajstić information content (AvgIpc) is 3.36. The quantitative estimate of drug-likeness (QED) is 0.897. The molecule has 2 aliphatic heterocycles. The first-order valence-corrected chi connectivity index (χ1v) is 10.2. The van der Waals surface area contributed by atoms with Gasteiger partial charge < -0.3 is 14.8 Å². The van der Waals surface area contributed by atoms with Gasteiger partial charge in [0.2, 0.25) is 5.91 Å². The first-order chi connectivity index (χ1) is 12.7. The second-order valence-corrected chi connectivity index (χ2v) is 8.26. The van der Waals surface area contributed by atoms with Gasteiger partial charge in [0.25, 0.3) is 5.91 Å². The van der Waals surface area contributed by atoms with Crippen LogP contribution in [0.1, 0.15) is 41.7 Å². The van der Waals surface area contributed by atoms with Gasteiger partial charge in [-0.2, -0.15) is 11.3 Å². The molecular formula is C19H24N4O2S. The molecule has 2 saturated heterocycles. The van der Waals surface area contributed by atoms with Gasteiger partial charge in [0.15, 0.2) is 0 Å². The lowest BCUT2D eigenvalue weighted by molar-refractivity contribution is -0.138. The average molecular weight is 372 g/mol. The number of nitrogens with zero attached hydrogens (tertiary/aromatic N) is 3. The number of nitrogens with one attached hydrogen (secondary N) is 1. The molecular weight excluding hydrogens is 348 g/mol. The number of amides is 2. The predicted octanol–water partition coefficient (Wildman–Crippen LogP) is 2.56. The van der Waals surface area contributed by atoms with Crippen LogP contribution in [0.4, 0.5) is 0 Å². The summed E-state index contributed by atoms with van der Waals surface area (Å²) in [6.45, 7) is 3.04. The van der Waals surface area contributed by atoms with Crippen LogP contribution in [-0.4, -0.2) is 57.8 Å². The molecule has 4 rings (SSSR count). The standard InChI is InChI=1S/C19H24N4O2S/c24-17-2-6-19(12-22(17)8-3-16-10-20-14-21-16)5-1-7-23(13-19)18(25)15-4-9-26-11-15/h4,9-11,14H,1-3,5-8,12-13H2,(H,20,21)/t19-/m0/s1. The van der Waals surface area contributed by atoms with Gasteiger partial charge in [0.05, 0.1) is 11.9 Å². The number of hydrogen-bond acceptors (Lipinski definition) is 4. The van der Waals surface area contributed by atoms with Crippen molar-refractivity contribution in [3.8, 4) is 0 Å². The number of piperidine rings is 2. The molecule has 138 valence electrons. The number of carbonyl (C=O) groups excluding carboxylic acids is 2. The van der Waals surface area contributed by atoms with Gasteiger partial charge in [-0.3, -0.25) is 9.59 Å². The fourth-order valence-corrected chi connectivity index (χ4v) is 4.90. The number of aromatic nitrogens is 2. The number of carbonyl (C=O) groups is 2. The van der Waals surface area contributed by atoms with E-state index in [4.69, 9.17) is 0 Å². The summed E-state index contributed by atoms with van der Waals surface area (Å²) in [5, 5.41) is 3.87. The van der Waals surface area contributed by atoms with E-state index in [0.29, 0.717) is 13.0 Å². The van der Waals surface area contributed by atoms with Crippen LogP contribution >= 0.6 is 11.3 Å². The third-order valence-electron chi connectivity index (χ3n) is 5.67. The topological polar surface area (TPSA) is 69.3 Å². The summed E-state index contributed by atoms with van der Waals surface area (Å²) in [7, 11) is 0. The van der Waals surface area contributed by atoms with Crippen molar-refractivity contribution in [3.63, 3.8) is 0 Å². The van der Waals surface area contributed by atoms with Gasteiger partial charge in [-0.1, -0.05) is 0 Å². The molecule has 0 aliphatic carbocycles. The lowest BCUT2D eigenvalue weighted by Crippen LogP contribution is -2.55. The van der Waals surface area contributed by atoms with Crippen molar-refractivity contribution in [1.29, 1.82) is 0 Å². The number of H-pyrrole nitrogens is 1. The Morgan fingerprint density at radius 2 is 2.27 bits per heavy atom. The van der Waals surface area contributed by atoms with E-state index in [-0.39, 0.29) is 17.2 Å². The van der Waals surface area contributed by atoms with Gasteiger partial charge in [-0.15, -0.1) is 0 Å².